The smallest absolute Gasteiger partial charge is 0.413 e. The number of nitrogens with one attached hydrogen (secondary N) is 1. The molecule has 4 aromatic rings. The molecule has 5 rings (SSSR count). The lowest BCUT2D eigenvalue weighted by molar-refractivity contribution is 0.0699. The van der Waals surface area contributed by atoms with E-state index >= 15 is 4.39 Å². The number of aromatic nitrogens is 2. The van der Waals surface area contributed by atoms with E-state index in [1.165, 1.54) is 13.1 Å². The second-order valence-electron chi connectivity index (χ2n) is 8.10. The SMILES string of the molecule is CCc1cccc(N2C(=O)c3ccccc3C2(O)c2ccc3[nH]c(N(C)C(=O)O)nc3c2)c1F. The Hall–Kier alpha value is -4.24. The molecule has 0 spiro atoms. The van der Waals surface area contributed by atoms with Crippen LogP contribution in [0.4, 0.5) is 20.8 Å². The molecule has 1 aliphatic heterocycles. The van der Waals surface area contributed by atoms with Crippen molar-refractivity contribution in [3.8, 4) is 0 Å². The van der Waals surface area contributed by atoms with Gasteiger partial charge in [-0.2, -0.15) is 0 Å². The quantitative estimate of drug-likeness (QED) is 0.422. The fourth-order valence-electron chi connectivity index (χ4n) is 4.40. The predicted octanol–water partition coefficient (Wildman–Crippen LogP) is 4.23. The average Bonchev–Trinajstić information content (AvgIpc) is 3.36. The maximum absolute atomic E-state index is 15.4. The highest BCUT2D eigenvalue weighted by atomic mass is 19.1. The second-order valence-corrected chi connectivity index (χ2v) is 8.10. The van der Waals surface area contributed by atoms with Gasteiger partial charge in [0, 0.05) is 23.7 Å². The van der Waals surface area contributed by atoms with Crippen molar-refractivity contribution in [2.75, 3.05) is 16.8 Å². The van der Waals surface area contributed by atoms with Crippen molar-refractivity contribution in [1.82, 2.24) is 9.97 Å². The zero-order valence-electron chi connectivity index (χ0n) is 18.4. The van der Waals surface area contributed by atoms with E-state index in [1.807, 2.05) is 6.92 Å². The first-order valence-corrected chi connectivity index (χ1v) is 10.7. The van der Waals surface area contributed by atoms with Gasteiger partial charge in [-0.25, -0.2) is 14.2 Å². The zero-order chi connectivity index (χ0) is 24.2. The number of rotatable bonds is 4. The number of carboxylic acid groups (broad SMARTS) is 1. The molecule has 3 aromatic carbocycles. The number of fused-ring (bicyclic) bond motifs is 2. The number of hydrogen-bond donors (Lipinski definition) is 3. The summed E-state index contributed by atoms with van der Waals surface area (Å²) in [5.74, 6) is -0.998. The molecule has 1 atom stereocenters. The summed E-state index contributed by atoms with van der Waals surface area (Å²) in [6.45, 7) is 1.81. The summed E-state index contributed by atoms with van der Waals surface area (Å²) in [5.41, 5.74) is 0.179. The highest BCUT2D eigenvalue weighted by Gasteiger charge is 2.51. The van der Waals surface area contributed by atoms with Crippen LogP contribution in [0, 0.1) is 5.82 Å². The van der Waals surface area contributed by atoms with Gasteiger partial charge in [0.15, 0.2) is 5.72 Å². The molecular formula is C25H21FN4O4. The number of hydrogen-bond acceptors (Lipinski definition) is 4. The number of imidazole rings is 1. The topological polar surface area (TPSA) is 110 Å². The summed E-state index contributed by atoms with van der Waals surface area (Å²) in [6, 6.07) is 16.2. The largest absolute Gasteiger partial charge is 0.465 e. The van der Waals surface area contributed by atoms with Crippen LogP contribution in [-0.4, -0.2) is 39.2 Å². The number of halogens is 1. The highest BCUT2D eigenvalue weighted by molar-refractivity contribution is 6.12. The molecule has 0 bridgehead atoms. The number of anilines is 2. The van der Waals surface area contributed by atoms with Gasteiger partial charge in [-0.1, -0.05) is 43.3 Å². The van der Waals surface area contributed by atoms with E-state index in [1.54, 1.807) is 54.6 Å². The minimum absolute atomic E-state index is 0.0310. The van der Waals surface area contributed by atoms with Gasteiger partial charge >= 0.3 is 6.09 Å². The van der Waals surface area contributed by atoms with Crippen molar-refractivity contribution in [3.63, 3.8) is 0 Å². The van der Waals surface area contributed by atoms with E-state index in [2.05, 4.69) is 9.97 Å². The molecule has 1 unspecified atom stereocenters. The van der Waals surface area contributed by atoms with Gasteiger partial charge in [0.25, 0.3) is 5.91 Å². The van der Waals surface area contributed by atoms with Crippen LogP contribution in [0.15, 0.2) is 60.7 Å². The van der Waals surface area contributed by atoms with Gasteiger partial charge in [-0.15, -0.1) is 0 Å². The van der Waals surface area contributed by atoms with Gasteiger partial charge in [0.2, 0.25) is 5.95 Å². The molecule has 1 aliphatic rings. The molecule has 2 heterocycles. The van der Waals surface area contributed by atoms with Crippen LogP contribution < -0.4 is 9.80 Å². The number of carbonyl (C=O) groups excluding carboxylic acids is 1. The van der Waals surface area contributed by atoms with Gasteiger partial charge in [-0.05, 0) is 36.2 Å². The van der Waals surface area contributed by atoms with E-state index < -0.39 is 23.5 Å². The lowest BCUT2D eigenvalue weighted by Gasteiger charge is -2.35. The number of aliphatic hydroxyl groups is 1. The van der Waals surface area contributed by atoms with Crippen LogP contribution in [0.1, 0.15) is 34.0 Å². The van der Waals surface area contributed by atoms with E-state index in [4.69, 9.17) is 0 Å². The van der Waals surface area contributed by atoms with Gasteiger partial charge < -0.3 is 15.2 Å². The molecule has 0 saturated carbocycles. The van der Waals surface area contributed by atoms with E-state index in [0.717, 1.165) is 9.80 Å². The molecule has 1 aromatic heterocycles. The number of amides is 2. The second kappa shape index (κ2) is 7.67. The molecule has 0 saturated heterocycles. The Morgan fingerprint density at radius 3 is 2.68 bits per heavy atom. The van der Waals surface area contributed by atoms with Crippen LogP contribution >= 0.6 is 0 Å². The number of benzene rings is 3. The monoisotopic (exact) mass is 460 g/mol. The van der Waals surface area contributed by atoms with E-state index in [-0.39, 0.29) is 22.8 Å². The molecule has 34 heavy (non-hydrogen) atoms. The molecule has 0 aliphatic carbocycles. The van der Waals surface area contributed by atoms with Crippen LogP contribution in [0.5, 0.6) is 0 Å². The zero-order valence-corrected chi connectivity index (χ0v) is 18.4. The first-order chi connectivity index (χ1) is 16.3. The van der Waals surface area contributed by atoms with Crippen molar-refractivity contribution in [2.24, 2.45) is 0 Å². The summed E-state index contributed by atoms with van der Waals surface area (Å²) in [7, 11) is 1.35. The maximum atomic E-state index is 15.4. The summed E-state index contributed by atoms with van der Waals surface area (Å²) in [4.78, 5) is 34.0. The third-order valence-corrected chi connectivity index (χ3v) is 6.22. The summed E-state index contributed by atoms with van der Waals surface area (Å²) >= 11 is 0. The summed E-state index contributed by atoms with van der Waals surface area (Å²) < 4.78 is 15.4. The van der Waals surface area contributed by atoms with Gasteiger partial charge in [0.1, 0.15) is 5.82 Å². The van der Waals surface area contributed by atoms with Crippen molar-refractivity contribution in [3.05, 3.63) is 88.7 Å². The number of carbonyl (C=O) groups is 2. The third-order valence-electron chi connectivity index (χ3n) is 6.22. The van der Waals surface area contributed by atoms with E-state index in [0.29, 0.717) is 28.6 Å². The van der Waals surface area contributed by atoms with Crippen molar-refractivity contribution < 1.29 is 24.2 Å². The maximum Gasteiger partial charge on any atom is 0.413 e. The number of H-pyrrole nitrogens is 1. The molecular weight excluding hydrogens is 439 g/mol. The highest BCUT2D eigenvalue weighted by Crippen LogP contribution is 2.46. The fraction of sp³-hybridized carbons (Fsp3) is 0.160. The summed E-state index contributed by atoms with van der Waals surface area (Å²) in [5, 5.41) is 21.4. The fourth-order valence-corrected chi connectivity index (χ4v) is 4.40. The molecule has 2 amide bonds. The minimum Gasteiger partial charge on any atom is -0.465 e. The first-order valence-electron chi connectivity index (χ1n) is 10.7. The standard InChI is InChI=1S/C25H21FN4O4/c1-3-14-7-6-10-20(21(14)26)30-22(31)16-8-4-5-9-17(16)25(30,34)15-11-12-18-19(13-15)28-23(27-18)29(2)24(32)33/h4-13,34H,3H2,1-2H3,(H,27,28)(H,32,33). The van der Waals surface area contributed by atoms with Crippen LogP contribution in [0.3, 0.4) is 0 Å². The Kier molecular flexibility index (Phi) is 4.87. The molecule has 9 heteroatoms. The molecule has 0 radical (unpaired) electrons. The van der Waals surface area contributed by atoms with E-state index in [9.17, 15) is 19.8 Å². The van der Waals surface area contributed by atoms with Crippen molar-refractivity contribution in [2.45, 2.75) is 19.1 Å². The lowest BCUT2D eigenvalue weighted by atomic mass is 9.93. The molecule has 3 N–H and O–H groups in total. The Bertz CT molecular complexity index is 1470. The molecule has 0 fully saturated rings. The number of nitrogens with zero attached hydrogens (tertiary/aromatic N) is 3. The minimum atomic E-state index is -2.01. The molecule has 8 nitrogen and oxygen atoms in total. The Balaban J connectivity index is 1.73. The summed E-state index contributed by atoms with van der Waals surface area (Å²) in [6.07, 6.45) is -0.766. The van der Waals surface area contributed by atoms with Crippen LogP contribution in [0.2, 0.25) is 0 Å². The third kappa shape index (κ3) is 2.97. The lowest BCUT2D eigenvalue weighted by Crippen LogP contribution is -2.45. The van der Waals surface area contributed by atoms with Crippen molar-refractivity contribution >= 4 is 34.7 Å². The normalized spacial score (nSPS) is 17.3. The van der Waals surface area contributed by atoms with Gasteiger partial charge in [0.05, 0.1) is 16.7 Å². The van der Waals surface area contributed by atoms with Crippen LogP contribution in [-0.2, 0) is 12.1 Å². The predicted molar refractivity (Wildman–Crippen MR) is 125 cm³/mol. The Morgan fingerprint density at radius 1 is 1.18 bits per heavy atom. The van der Waals surface area contributed by atoms with Crippen molar-refractivity contribution in [1.29, 1.82) is 0 Å². The van der Waals surface area contributed by atoms with Gasteiger partial charge in [-0.3, -0.25) is 14.6 Å². The molecule has 172 valence electrons. The Labute approximate surface area is 193 Å². The first kappa shape index (κ1) is 21.6. The number of aryl methyl sites for hydroxylation is 1. The Morgan fingerprint density at radius 2 is 1.94 bits per heavy atom. The van der Waals surface area contributed by atoms with Crippen LogP contribution in [0.25, 0.3) is 11.0 Å². The average molecular weight is 460 g/mol. The number of aromatic amines is 1.